The first-order chi connectivity index (χ1) is 9.20. The summed E-state index contributed by atoms with van der Waals surface area (Å²) in [7, 11) is 0. The Kier molecular flexibility index (Phi) is 4.19. The van der Waals surface area contributed by atoms with Crippen LogP contribution in [0.4, 0.5) is 4.39 Å². The third-order valence-corrected chi connectivity index (χ3v) is 2.39. The summed E-state index contributed by atoms with van der Waals surface area (Å²) in [5.74, 6) is -0.264. The van der Waals surface area contributed by atoms with Crippen LogP contribution >= 0.6 is 0 Å². The molecule has 0 atom stereocenters. The molecule has 100 valence electrons. The summed E-state index contributed by atoms with van der Waals surface area (Å²) in [5.41, 5.74) is 5.50. The largest absolute Gasteiger partial charge is 0.347 e. The number of amides is 1. The van der Waals surface area contributed by atoms with E-state index in [1.807, 2.05) is 0 Å². The van der Waals surface area contributed by atoms with Crippen LogP contribution in [-0.2, 0) is 11.3 Å². The zero-order valence-corrected chi connectivity index (χ0v) is 10.1. The second-order valence-electron chi connectivity index (χ2n) is 3.81. The zero-order chi connectivity index (χ0) is 13.7. The second kappa shape index (κ2) is 6.05. The van der Waals surface area contributed by atoms with Crippen molar-refractivity contribution in [3.05, 3.63) is 36.0 Å². The highest BCUT2D eigenvalue weighted by molar-refractivity contribution is 5.75. The fraction of sp³-hybridized carbons (Fsp3) is 0.250. The fourth-order valence-corrected chi connectivity index (χ4v) is 1.47. The molecule has 7 heteroatoms. The zero-order valence-electron chi connectivity index (χ0n) is 10.1. The molecule has 1 amide bonds. The molecule has 0 aliphatic carbocycles. The van der Waals surface area contributed by atoms with E-state index in [0.29, 0.717) is 0 Å². The van der Waals surface area contributed by atoms with Gasteiger partial charge in [0.2, 0.25) is 17.6 Å². The minimum atomic E-state index is -0.429. The summed E-state index contributed by atoms with van der Waals surface area (Å²) in [6.07, 6.45) is 0.230. The molecule has 0 unspecified atom stereocenters. The molecular weight excluding hydrogens is 251 g/mol. The van der Waals surface area contributed by atoms with E-state index in [4.69, 9.17) is 10.3 Å². The van der Waals surface area contributed by atoms with Crippen molar-refractivity contribution in [3.63, 3.8) is 0 Å². The summed E-state index contributed by atoms with van der Waals surface area (Å²) in [6, 6.07) is 6.12. The molecule has 19 heavy (non-hydrogen) atoms. The molecule has 1 aromatic carbocycles. The first-order valence-electron chi connectivity index (χ1n) is 5.75. The lowest BCUT2D eigenvalue weighted by Gasteiger charge is -1.99. The molecule has 0 spiro atoms. The number of rotatable bonds is 5. The summed E-state index contributed by atoms with van der Waals surface area (Å²) >= 11 is 0. The van der Waals surface area contributed by atoms with Crippen molar-refractivity contribution >= 4 is 5.91 Å². The van der Waals surface area contributed by atoms with Gasteiger partial charge in [0.1, 0.15) is 5.82 Å². The van der Waals surface area contributed by atoms with Gasteiger partial charge in [0.15, 0.2) is 0 Å². The molecule has 1 aromatic heterocycles. The molecule has 2 aromatic rings. The summed E-state index contributed by atoms with van der Waals surface area (Å²) < 4.78 is 18.4. The first kappa shape index (κ1) is 13.2. The molecular formula is C12H13FN4O2. The monoisotopic (exact) mass is 264 g/mol. The number of nitrogens with zero attached hydrogens (tertiary/aromatic N) is 2. The summed E-state index contributed by atoms with van der Waals surface area (Å²) in [6.45, 7) is 0.371. The number of carbonyl (C=O) groups excluding carboxylic acids is 1. The minimum Gasteiger partial charge on any atom is -0.347 e. The van der Waals surface area contributed by atoms with Crippen molar-refractivity contribution in [2.75, 3.05) is 6.54 Å². The Morgan fingerprint density at radius 1 is 1.42 bits per heavy atom. The Morgan fingerprint density at radius 3 is 2.95 bits per heavy atom. The average Bonchev–Trinajstić information content (AvgIpc) is 2.86. The molecule has 0 radical (unpaired) electrons. The maximum atomic E-state index is 13.5. The Hall–Kier alpha value is -2.28. The molecule has 0 aliphatic heterocycles. The van der Waals surface area contributed by atoms with Gasteiger partial charge in [-0.3, -0.25) is 4.79 Å². The van der Waals surface area contributed by atoms with Crippen molar-refractivity contribution in [3.8, 4) is 11.4 Å². The molecule has 0 aliphatic rings. The van der Waals surface area contributed by atoms with Crippen molar-refractivity contribution < 1.29 is 13.7 Å². The van der Waals surface area contributed by atoms with Crippen LogP contribution in [0.3, 0.4) is 0 Å². The van der Waals surface area contributed by atoms with E-state index in [-0.39, 0.29) is 42.7 Å². The predicted molar refractivity (Wildman–Crippen MR) is 65.2 cm³/mol. The quantitative estimate of drug-likeness (QED) is 0.834. The Morgan fingerprint density at radius 2 is 2.21 bits per heavy atom. The van der Waals surface area contributed by atoms with Crippen LogP contribution in [0.2, 0.25) is 0 Å². The molecule has 6 nitrogen and oxygen atoms in total. The number of nitrogens with two attached hydrogens (primary N) is 1. The highest BCUT2D eigenvalue weighted by Crippen LogP contribution is 2.18. The second-order valence-corrected chi connectivity index (χ2v) is 3.81. The van der Waals surface area contributed by atoms with Crippen molar-refractivity contribution in [2.45, 2.75) is 13.0 Å². The lowest BCUT2D eigenvalue weighted by molar-refractivity contribution is -0.121. The standard InChI is InChI=1S/C12H13FN4O2/c13-9-4-2-1-3-8(9)12-16-11(19-17-12)7-15-10(18)5-6-14/h1-4H,5-7,14H2,(H,15,18). The van der Waals surface area contributed by atoms with E-state index in [2.05, 4.69) is 15.5 Å². The molecule has 3 N–H and O–H groups in total. The molecule has 2 rings (SSSR count). The van der Waals surface area contributed by atoms with Gasteiger partial charge in [-0.2, -0.15) is 4.98 Å². The molecule has 0 saturated carbocycles. The lowest BCUT2D eigenvalue weighted by atomic mass is 10.2. The predicted octanol–water partition coefficient (Wildman–Crippen LogP) is 0.841. The van der Waals surface area contributed by atoms with Crippen LogP contribution in [0.25, 0.3) is 11.4 Å². The third kappa shape index (κ3) is 3.35. The number of carbonyl (C=O) groups is 1. The van der Waals surface area contributed by atoms with E-state index < -0.39 is 5.82 Å². The lowest BCUT2D eigenvalue weighted by Crippen LogP contribution is -2.25. The normalized spacial score (nSPS) is 10.4. The maximum absolute atomic E-state index is 13.5. The van der Waals surface area contributed by atoms with Crippen molar-refractivity contribution in [1.29, 1.82) is 0 Å². The maximum Gasteiger partial charge on any atom is 0.246 e. The first-order valence-corrected chi connectivity index (χ1v) is 5.75. The smallest absolute Gasteiger partial charge is 0.246 e. The van der Waals surface area contributed by atoms with Crippen LogP contribution in [0.1, 0.15) is 12.3 Å². The van der Waals surface area contributed by atoms with E-state index in [1.165, 1.54) is 6.07 Å². The van der Waals surface area contributed by atoms with Gasteiger partial charge in [0, 0.05) is 13.0 Å². The van der Waals surface area contributed by atoms with Crippen LogP contribution in [0.5, 0.6) is 0 Å². The van der Waals surface area contributed by atoms with Gasteiger partial charge in [-0.1, -0.05) is 17.3 Å². The Bertz CT molecular complexity index is 570. The molecule has 0 saturated heterocycles. The van der Waals surface area contributed by atoms with Crippen LogP contribution < -0.4 is 11.1 Å². The number of hydrogen-bond acceptors (Lipinski definition) is 5. The van der Waals surface area contributed by atoms with Crippen LogP contribution in [0.15, 0.2) is 28.8 Å². The van der Waals surface area contributed by atoms with Gasteiger partial charge in [-0.25, -0.2) is 4.39 Å². The number of hydrogen-bond donors (Lipinski definition) is 2. The minimum absolute atomic E-state index is 0.0975. The van der Waals surface area contributed by atoms with Crippen molar-refractivity contribution in [1.82, 2.24) is 15.5 Å². The molecule has 0 bridgehead atoms. The highest BCUT2D eigenvalue weighted by Gasteiger charge is 2.12. The number of aromatic nitrogens is 2. The third-order valence-electron chi connectivity index (χ3n) is 2.39. The van der Waals surface area contributed by atoms with E-state index in [9.17, 15) is 9.18 Å². The van der Waals surface area contributed by atoms with Crippen molar-refractivity contribution in [2.24, 2.45) is 5.73 Å². The van der Waals surface area contributed by atoms with Gasteiger partial charge in [0.25, 0.3) is 0 Å². The molecule has 0 fully saturated rings. The summed E-state index contributed by atoms with van der Waals surface area (Å²) in [5, 5.41) is 6.24. The Labute approximate surface area is 108 Å². The van der Waals surface area contributed by atoms with Gasteiger partial charge < -0.3 is 15.6 Å². The van der Waals surface area contributed by atoms with Crippen LogP contribution in [-0.4, -0.2) is 22.6 Å². The summed E-state index contributed by atoms with van der Waals surface area (Å²) in [4.78, 5) is 15.2. The molecule has 1 heterocycles. The average molecular weight is 264 g/mol. The fourth-order valence-electron chi connectivity index (χ4n) is 1.47. The highest BCUT2D eigenvalue weighted by atomic mass is 19.1. The van der Waals surface area contributed by atoms with E-state index in [0.717, 1.165) is 0 Å². The van der Waals surface area contributed by atoms with Gasteiger partial charge in [-0.05, 0) is 12.1 Å². The topological polar surface area (TPSA) is 94.0 Å². The number of halogens is 1. The van der Waals surface area contributed by atoms with E-state index >= 15 is 0 Å². The van der Waals surface area contributed by atoms with Gasteiger partial charge in [0.05, 0.1) is 12.1 Å². The van der Waals surface area contributed by atoms with Gasteiger partial charge in [-0.15, -0.1) is 0 Å². The number of nitrogens with one attached hydrogen (secondary N) is 1. The van der Waals surface area contributed by atoms with E-state index in [1.54, 1.807) is 18.2 Å². The van der Waals surface area contributed by atoms with Crippen LogP contribution in [0, 0.1) is 5.82 Å². The number of benzene rings is 1. The van der Waals surface area contributed by atoms with Gasteiger partial charge >= 0.3 is 0 Å². The Balaban J connectivity index is 2.04. The SMILES string of the molecule is NCCC(=O)NCc1nc(-c2ccccc2F)no1.